The van der Waals surface area contributed by atoms with Crippen LogP contribution in [0.15, 0.2) is 267 Å². The summed E-state index contributed by atoms with van der Waals surface area (Å²) in [6.45, 7) is 28.1. The molecule has 4 aliphatic heterocycles. The SMILES string of the molecule is CC(C)(C)c1ccc2c(n1)N(c1[c-]cccc1)[CH-]N2c1ccccc1.CC(C)(C)c1cnc2c(c1)N(c1ccccc1)[CH-]N2c1[c-]cccc1.CC(C)c1cnc2c(c1)N(c1ccccc1)[CH-]N2c1[c-]cccc1.CCc1cnc2c(c1)N(c1ccccc1)[CH-]N2c1[c-]cccc1.[Ir].[Ir].[Ir].[Ir]. The predicted octanol–water partition coefficient (Wildman–Crippen LogP) is 21.4. The molecular formula is C85H78Ir4N12-8. The largest absolute Gasteiger partial charge is 0.478 e. The van der Waals surface area contributed by atoms with Crippen LogP contribution in [0.25, 0.3) is 0 Å². The molecule has 0 unspecified atom stereocenters. The van der Waals surface area contributed by atoms with Gasteiger partial charge in [0.1, 0.15) is 23.3 Å². The zero-order chi connectivity index (χ0) is 67.0. The van der Waals surface area contributed by atoms with Gasteiger partial charge in [0.2, 0.25) is 0 Å². The molecule has 0 saturated heterocycles. The van der Waals surface area contributed by atoms with Crippen molar-refractivity contribution in [1.29, 1.82) is 0 Å². The Morgan fingerprint density at radius 2 is 0.683 bits per heavy atom. The van der Waals surface area contributed by atoms with Crippen molar-refractivity contribution in [3.8, 4) is 0 Å². The smallest absolute Gasteiger partial charge is 0.125 e. The molecule has 0 amide bonds. The van der Waals surface area contributed by atoms with E-state index in [9.17, 15) is 0 Å². The normalized spacial score (nSPS) is 13.1. The molecule has 16 heteroatoms. The summed E-state index contributed by atoms with van der Waals surface area (Å²) in [5, 5.41) is 0. The number of hydrogen-bond donors (Lipinski definition) is 0. The molecule has 0 atom stereocenters. The number of fused-ring (bicyclic) bond motifs is 4. The molecule has 12 aromatic rings. The molecule has 0 spiro atoms. The molecule has 0 saturated carbocycles. The number of aromatic nitrogens is 4. The fraction of sp³-hybridized carbons (Fsp3) is 0.153. The molecule has 8 aromatic carbocycles. The zero-order valence-electron chi connectivity index (χ0n) is 57.7. The summed E-state index contributed by atoms with van der Waals surface area (Å²) in [6.07, 6.45) is 6.89. The Bertz CT molecular complexity index is 4410. The van der Waals surface area contributed by atoms with Gasteiger partial charge in [-0.25, -0.2) is 19.9 Å². The summed E-state index contributed by atoms with van der Waals surface area (Å²) >= 11 is 0. The second kappa shape index (κ2) is 34.4. The third-order valence-electron chi connectivity index (χ3n) is 17.0. The Hall–Kier alpha value is -8.64. The Balaban J connectivity index is 0.000000155. The molecule has 12 nitrogen and oxygen atoms in total. The third kappa shape index (κ3) is 17.3. The van der Waals surface area contributed by atoms with Crippen LogP contribution in [-0.2, 0) is 97.7 Å². The van der Waals surface area contributed by atoms with Gasteiger partial charge in [0.05, 0.1) is 22.7 Å². The topological polar surface area (TPSA) is 77.5 Å². The average molecular weight is 2040 g/mol. The van der Waals surface area contributed by atoms with Crippen LogP contribution in [0.5, 0.6) is 0 Å². The minimum atomic E-state index is 0. The van der Waals surface area contributed by atoms with Gasteiger partial charge in [-0.15, -0.1) is 49.4 Å². The Morgan fingerprint density at radius 1 is 0.347 bits per heavy atom. The van der Waals surface area contributed by atoms with Gasteiger partial charge < -0.3 is 39.2 Å². The van der Waals surface area contributed by atoms with Crippen LogP contribution in [0.1, 0.15) is 90.6 Å². The van der Waals surface area contributed by atoms with Gasteiger partial charge in [-0.2, -0.15) is 121 Å². The first-order chi connectivity index (χ1) is 47.2. The monoisotopic (exact) mass is 2040 g/mol. The Kier molecular flexibility index (Phi) is 26.0. The molecule has 0 N–H and O–H groups in total. The number of aryl methyl sites for hydroxylation is 1. The summed E-state index contributed by atoms with van der Waals surface area (Å²) in [6, 6.07) is 97.5. The Labute approximate surface area is 651 Å². The van der Waals surface area contributed by atoms with Crippen LogP contribution in [0.3, 0.4) is 0 Å². The van der Waals surface area contributed by atoms with E-state index in [-0.39, 0.29) is 91.3 Å². The molecule has 0 bridgehead atoms. The Morgan fingerprint density at radius 3 is 1.03 bits per heavy atom. The number of para-hydroxylation sites is 8. The van der Waals surface area contributed by atoms with Crippen LogP contribution in [0.2, 0.25) is 0 Å². The second-order valence-electron chi connectivity index (χ2n) is 26.2. The van der Waals surface area contributed by atoms with Gasteiger partial charge in [-0.3, -0.25) is 0 Å². The van der Waals surface area contributed by atoms with E-state index in [0.29, 0.717) is 5.92 Å². The van der Waals surface area contributed by atoms with Gasteiger partial charge in [0, 0.05) is 133 Å². The molecule has 522 valence electrons. The maximum Gasteiger partial charge on any atom is 0.125 e. The quantitative estimate of drug-likeness (QED) is 0.122. The van der Waals surface area contributed by atoms with Crippen molar-refractivity contribution in [2.45, 2.75) is 85.5 Å². The number of benzene rings is 8. The van der Waals surface area contributed by atoms with Crippen molar-refractivity contribution in [2.75, 3.05) is 39.2 Å². The van der Waals surface area contributed by atoms with E-state index < -0.39 is 0 Å². The molecule has 8 heterocycles. The zero-order valence-corrected chi connectivity index (χ0v) is 67.3. The molecule has 0 fully saturated rings. The van der Waals surface area contributed by atoms with Gasteiger partial charge in [0.15, 0.2) is 0 Å². The molecule has 4 radical (unpaired) electrons. The van der Waals surface area contributed by atoms with Crippen LogP contribution < -0.4 is 39.2 Å². The number of hydrogen-bond acceptors (Lipinski definition) is 12. The maximum absolute atomic E-state index is 4.99. The third-order valence-corrected chi connectivity index (χ3v) is 17.0. The molecule has 4 aliphatic rings. The summed E-state index contributed by atoms with van der Waals surface area (Å²) < 4.78 is 0. The van der Waals surface area contributed by atoms with E-state index in [4.69, 9.17) is 19.9 Å². The van der Waals surface area contributed by atoms with Crippen LogP contribution in [0.4, 0.5) is 91.5 Å². The van der Waals surface area contributed by atoms with Crippen LogP contribution >= 0.6 is 0 Å². The molecular weight excluding hydrogens is 1960 g/mol. The number of anilines is 16. The maximum atomic E-state index is 4.99. The van der Waals surface area contributed by atoms with Crippen molar-refractivity contribution in [3.05, 3.63) is 341 Å². The number of pyridine rings is 4. The van der Waals surface area contributed by atoms with Crippen LogP contribution in [0, 0.1) is 50.9 Å². The van der Waals surface area contributed by atoms with E-state index >= 15 is 0 Å². The summed E-state index contributed by atoms with van der Waals surface area (Å²) in [5.74, 6) is 4.19. The average Bonchev–Trinajstić information content (AvgIpc) is 1.65. The van der Waals surface area contributed by atoms with Gasteiger partial charge in [-0.05, 0) is 113 Å². The fourth-order valence-corrected chi connectivity index (χ4v) is 11.6. The molecule has 16 rings (SSSR count). The van der Waals surface area contributed by atoms with Crippen LogP contribution in [-0.4, -0.2) is 19.9 Å². The van der Waals surface area contributed by atoms with Crippen molar-refractivity contribution < 1.29 is 80.4 Å². The standard InChI is InChI=1S/2C22H21N3.C21H19N3.C20H17N3.4Ir/c1-22(2,3)17-14-20-21(23-15-17)25(19-12-8-5-9-13-19)16-24(20)18-10-6-4-7-11-18;1-22(2,3)20-15-14-19-21(23-20)25(18-12-8-5-9-13-18)16-24(19)17-10-6-4-7-11-17;1-16(2)17-13-20-21(22-14-17)24(19-11-7-4-8-12-19)15-23(20)18-9-5-3-6-10-18;1-2-16-13-19-20(21-14-16)23(18-11-7-4-8-12-18)15-22(19)17-9-5-3-6-10-17;;;;/h2*4-12,14-16H,1-3H3;3-11,13-16H,1-2H3;3-11,13-15H,2H2,1H3;;;;/q4*-2;;;;. The van der Waals surface area contributed by atoms with Crippen molar-refractivity contribution >= 4 is 91.5 Å². The first kappa shape index (κ1) is 76.5. The first-order valence-corrected chi connectivity index (χ1v) is 33.0. The summed E-state index contributed by atoms with van der Waals surface area (Å²) in [7, 11) is 0. The van der Waals surface area contributed by atoms with E-state index in [0.717, 1.165) is 104 Å². The number of nitrogens with zero attached hydrogens (tertiary/aromatic N) is 12. The molecule has 101 heavy (non-hydrogen) atoms. The van der Waals surface area contributed by atoms with Gasteiger partial charge >= 0.3 is 0 Å². The van der Waals surface area contributed by atoms with E-state index in [1.54, 1.807) is 0 Å². The molecule has 4 aromatic heterocycles. The molecule has 0 aliphatic carbocycles. The second-order valence-corrected chi connectivity index (χ2v) is 26.2. The van der Waals surface area contributed by atoms with E-state index in [2.05, 4.69) is 286 Å². The van der Waals surface area contributed by atoms with Gasteiger partial charge in [0.25, 0.3) is 0 Å². The summed E-state index contributed by atoms with van der Waals surface area (Å²) in [4.78, 5) is 36.3. The summed E-state index contributed by atoms with van der Waals surface area (Å²) in [5.41, 5.74) is 17.6. The minimum absolute atomic E-state index is 0. The van der Waals surface area contributed by atoms with E-state index in [1.807, 2.05) is 134 Å². The van der Waals surface area contributed by atoms with E-state index in [1.165, 1.54) is 16.7 Å². The predicted molar refractivity (Wildman–Crippen MR) is 399 cm³/mol. The van der Waals surface area contributed by atoms with Crippen molar-refractivity contribution in [3.63, 3.8) is 0 Å². The fourth-order valence-electron chi connectivity index (χ4n) is 11.6. The minimum Gasteiger partial charge on any atom is -0.478 e. The van der Waals surface area contributed by atoms with Gasteiger partial charge in [-0.1, -0.05) is 135 Å². The van der Waals surface area contributed by atoms with Crippen molar-refractivity contribution in [1.82, 2.24) is 19.9 Å². The number of rotatable bonds is 10. The first-order valence-electron chi connectivity index (χ1n) is 33.0. The van der Waals surface area contributed by atoms with Crippen molar-refractivity contribution in [2.24, 2.45) is 0 Å².